The fourth-order valence-electron chi connectivity index (χ4n) is 4.44. The molecule has 0 spiro atoms. The van der Waals surface area contributed by atoms with Crippen LogP contribution in [0.5, 0.6) is 0 Å². The monoisotopic (exact) mass is 703 g/mol. The number of anilines is 1. The number of amides is 1. The lowest BCUT2D eigenvalue weighted by molar-refractivity contribution is -0.0513. The number of imidazole rings is 1. The van der Waals surface area contributed by atoms with E-state index in [0.29, 0.717) is 0 Å². The number of thiazole rings is 1. The first kappa shape index (κ1) is 33.7. The zero-order valence-electron chi connectivity index (χ0n) is 22.3. The highest BCUT2D eigenvalue weighted by molar-refractivity contribution is 7.72. The molecule has 2 aliphatic rings. The number of primary amides is 1. The highest BCUT2D eigenvalue weighted by atomic mass is 32.1. The number of hydrogen-bond donors (Lipinski definition) is 8. The predicted octanol–water partition coefficient (Wildman–Crippen LogP) is -1.60. The first-order valence-electron chi connectivity index (χ1n) is 12.5. The van der Waals surface area contributed by atoms with Gasteiger partial charge in [-0.25, -0.2) is 19.9 Å². The van der Waals surface area contributed by atoms with Gasteiger partial charge in [-0.2, -0.15) is 8.78 Å². The van der Waals surface area contributed by atoms with Gasteiger partial charge >= 0.3 is 20.6 Å². The lowest BCUT2D eigenvalue weighted by atomic mass is 10.1. The van der Waals surface area contributed by atoms with Crippen molar-refractivity contribution in [2.75, 3.05) is 18.9 Å². The maximum absolute atomic E-state index is 14.9. The number of hydrogen-bond acceptors (Lipinski definition) is 17. The van der Waals surface area contributed by atoms with Gasteiger partial charge in [0, 0.05) is 5.38 Å². The van der Waals surface area contributed by atoms with Gasteiger partial charge in [0.2, 0.25) is 0 Å². The molecule has 0 radical (unpaired) electrons. The van der Waals surface area contributed by atoms with E-state index in [9.17, 15) is 52.9 Å². The second kappa shape index (κ2) is 12.2. The van der Waals surface area contributed by atoms with E-state index in [1.165, 1.54) is 5.38 Å². The molecule has 20 nitrogen and oxygen atoms in total. The summed E-state index contributed by atoms with van der Waals surface area (Å²) in [6.45, 7) is -2.56. The Hall–Kier alpha value is -2.63. The molecular weight excluding hydrogens is 678 g/mol. The Morgan fingerprint density at radius 3 is 2.20 bits per heavy atom. The van der Waals surface area contributed by atoms with Gasteiger partial charge < -0.3 is 60.2 Å². The molecule has 25 heteroatoms. The molecule has 0 aromatic carbocycles. The third-order valence-electron chi connectivity index (χ3n) is 6.89. The van der Waals surface area contributed by atoms with Crippen LogP contribution in [-0.2, 0) is 27.7 Å². The number of nitrogen functional groups attached to an aromatic ring is 1. The molecule has 0 saturated carbocycles. The molecule has 10 N–H and O–H groups in total. The second-order valence-electron chi connectivity index (χ2n) is 9.78. The third kappa shape index (κ3) is 6.00. The van der Waals surface area contributed by atoms with Gasteiger partial charge in [-0.1, -0.05) is 0 Å². The van der Waals surface area contributed by atoms with E-state index in [2.05, 4.69) is 29.0 Å². The summed E-state index contributed by atoms with van der Waals surface area (Å²) in [5, 5.41) is 37.1. The number of alkyl halides is 2. The Morgan fingerprint density at radius 1 is 1.00 bits per heavy atom. The molecule has 0 aliphatic carbocycles. The zero-order valence-corrected chi connectivity index (χ0v) is 24.9. The summed E-state index contributed by atoms with van der Waals surface area (Å²) in [6.07, 6.45) is -11.3. The average molecular weight is 703 g/mol. The quantitative estimate of drug-likeness (QED) is 0.104. The standard InChI is InChI=1S/C20H25F2N7O13P2S/c21-20(22,43(35,36)39-1-7-10(30)12(32)14(41-7)18-28-6(3-45-18)16(24)34)44(37,38)40-2-8-11(31)13(33)19(42-8)29-5-27-9-15(23)25-4-26-17(9)29/h3-5,7-8,10-14,19,30-33H,1-2H2,(H2,24,34)(H,35,36)(H,37,38)(H2,23,25,26)/t7-,8+,10-,11+,12-,13+,14?,19?/m1/s1. The maximum Gasteiger partial charge on any atom is 0.443 e. The van der Waals surface area contributed by atoms with Crippen LogP contribution in [0.1, 0.15) is 27.8 Å². The fourth-order valence-corrected chi connectivity index (χ4v) is 7.95. The van der Waals surface area contributed by atoms with Crippen molar-refractivity contribution in [2.45, 2.75) is 54.4 Å². The minimum atomic E-state index is -6.40. The summed E-state index contributed by atoms with van der Waals surface area (Å²) in [6, 6.07) is 0. The van der Waals surface area contributed by atoms with Gasteiger partial charge in [-0.05, 0) is 0 Å². The number of aliphatic hydroxyl groups excluding tert-OH is 4. The van der Waals surface area contributed by atoms with E-state index in [-0.39, 0.29) is 27.7 Å². The number of fused-ring (bicyclic) bond motifs is 1. The number of rotatable bonds is 11. The molecule has 248 valence electrons. The molecule has 45 heavy (non-hydrogen) atoms. The summed E-state index contributed by atoms with van der Waals surface area (Å²) >= 11 is 0.812. The van der Waals surface area contributed by atoms with Gasteiger partial charge in [-0.3, -0.25) is 18.5 Å². The molecule has 2 aliphatic heterocycles. The number of ether oxygens (including phenoxy) is 2. The smallest absolute Gasteiger partial charge is 0.387 e. The van der Waals surface area contributed by atoms with Crippen molar-refractivity contribution < 1.29 is 71.4 Å². The molecule has 3 aromatic rings. The van der Waals surface area contributed by atoms with Crippen molar-refractivity contribution in [3.63, 3.8) is 0 Å². The van der Waals surface area contributed by atoms with Crippen LogP contribution in [0, 0.1) is 0 Å². The molecule has 5 heterocycles. The fraction of sp³-hybridized carbons (Fsp3) is 0.550. The van der Waals surface area contributed by atoms with Crippen LogP contribution in [0.3, 0.4) is 0 Å². The largest absolute Gasteiger partial charge is 0.443 e. The number of aliphatic hydroxyl groups is 4. The summed E-state index contributed by atoms with van der Waals surface area (Å²) in [7, 11) is -12.8. The van der Waals surface area contributed by atoms with E-state index in [1.807, 2.05) is 0 Å². The van der Waals surface area contributed by atoms with Crippen molar-refractivity contribution in [2.24, 2.45) is 5.73 Å². The Labute approximate surface area is 253 Å². The van der Waals surface area contributed by atoms with Crippen LogP contribution in [0.4, 0.5) is 14.6 Å². The number of nitrogens with two attached hydrogens (primary N) is 2. The van der Waals surface area contributed by atoms with Gasteiger partial charge in [0.1, 0.15) is 65.3 Å². The highest BCUT2D eigenvalue weighted by Crippen LogP contribution is 2.75. The number of carbonyl (C=O) groups excluding carboxylic acids is 1. The normalized spacial score (nSPS) is 31.6. The minimum Gasteiger partial charge on any atom is -0.387 e. The summed E-state index contributed by atoms with van der Waals surface area (Å²) in [5.41, 5.74) is 10.8. The van der Waals surface area contributed by atoms with E-state index < -0.39 is 88.7 Å². The predicted molar refractivity (Wildman–Crippen MR) is 142 cm³/mol. The summed E-state index contributed by atoms with van der Waals surface area (Å²) < 4.78 is 75.5. The van der Waals surface area contributed by atoms with Crippen molar-refractivity contribution >= 4 is 49.4 Å². The van der Waals surface area contributed by atoms with Gasteiger partial charge in [0.05, 0.1) is 19.5 Å². The second-order valence-corrected chi connectivity index (χ2v) is 14.7. The number of nitrogens with zero attached hydrogens (tertiary/aromatic N) is 5. The Morgan fingerprint density at radius 2 is 1.60 bits per heavy atom. The van der Waals surface area contributed by atoms with Crippen LogP contribution in [0.25, 0.3) is 11.2 Å². The van der Waals surface area contributed by atoms with Crippen molar-refractivity contribution in [1.29, 1.82) is 0 Å². The lowest BCUT2D eigenvalue weighted by Gasteiger charge is -2.27. The number of halogens is 2. The minimum absolute atomic E-state index is 0.0194. The average Bonchev–Trinajstić information content (AvgIpc) is 3.75. The molecule has 1 amide bonds. The SMILES string of the molecule is NC(=O)c1csc(C2O[C@H](COP(=O)(O)C(F)(F)P(=O)(O)OC[C@@H]3OC(n4cnc5c(N)ncnc54)[C@@H](O)[C@H]3O)[C@@H](O)[C@H]2O)n1. The molecular formula is C20H25F2N7O13P2S. The highest BCUT2D eigenvalue weighted by Gasteiger charge is 2.67. The van der Waals surface area contributed by atoms with E-state index in [4.69, 9.17) is 20.9 Å². The van der Waals surface area contributed by atoms with Gasteiger partial charge in [-0.15, -0.1) is 11.3 Å². The van der Waals surface area contributed by atoms with E-state index in [0.717, 1.165) is 28.6 Å². The summed E-state index contributed by atoms with van der Waals surface area (Å²) in [4.78, 5) is 46.7. The Kier molecular flexibility index (Phi) is 9.14. The Balaban J connectivity index is 1.22. The molecule has 10 atom stereocenters. The number of aromatic nitrogens is 5. The topological polar surface area (TPSA) is 318 Å². The molecule has 4 unspecified atom stereocenters. The van der Waals surface area contributed by atoms with Crippen molar-refractivity contribution in [1.82, 2.24) is 24.5 Å². The van der Waals surface area contributed by atoms with Crippen molar-refractivity contribution in [3.8, 4) is 0 Å². The van der Waals surface area contributed by atoms with Crippen LogP contribution >= 0.6 is 26.5 Å². The third-order valence-corrected chi connectivity index (χ3v) is 11.7. The van der Waals surface area contributed by atoms with Crippen LogP contribution < -0.4 is 11.5 Å². The number of carbonyl (C=O) groups is 1. The molecule has 5 rings (SSSR count). The molecule has 2 saturated heterocycles. The van der Waals surface area contributed by atoms with Crippen LogP contribution in [-0.4, -0.2) is 116 Å². The molecule has 0 bridgehead atoms. The molecule has 3 aromatic heterocycles. The van der Waals surface area contributed by atoms with Crippen LogP contribution in [0.2, 0.25) is 0 Å². The first-order valence-corrected chi connectivity index (χ1v) is 16.5. The Bertz CT molecular complexity index is 1680. The summed E-state index contributed by atoms with van der Waals surface area (Å²) in [5.74, 6) is -0.920. The first-order chi connectivity index (χ1) is 21.0. The van der Waals surface area contributed by atoms with Crippen LogP contribution in [0.15, 0.2) is 18.0 Å². The molecule has 2 fully saturated rings. The van der Waals surface area contributed by atoms with Crippen molar-refractivity contribution in [3.05, 3.63) is 28.7 Å². The zero-order chi connectivity index (χ0) is 33.1. The van der Waals surface area contributed by atoms with Gasteiger partial charge in [0.25, 0.3) is 5.91 Å². The van der Waals surface area contributed by atoms with E-state index in [1.54, 1.807) is 0 Å². The van der Waals surface area contributed by atoms with Gasteiger partial charge in [0.15, 0.2) is 17.7 Å². The van der Waals surface area contributed by atoms with E-state index >= 15 is 0 Å². The lowest BCUT2D eigenvalue weighted by Crippen LogP contribution is -2.35. The maximum atomic E-state index is 14.9.